The fourth-order valence-electron chi connectivity index (χ4n) is 3.57. The van der Waals surface area contributed by atoms with Crippen molar-refractivity contribution in [3.05, 3.63) is 64.2 Å². The first-order valence-electron chi connectivity index (χ1n) is 10.7. The van der Waals surface area contributed by atoms with Crippen LogP contribution in [0.1, 0.15) is 25.2 Å². The second-order valence-corrected chi connectivity index (χ2v) is 9.75. The smallest absolute Gasteiger partial charge is 0.258 e. The highest BCUT2D eigenvalue weighted by Crippen LogP contribution is 2.23. The van der Waals surface area contributed by atoms with Crippen molar-refractivity contribution in [3.8, 4) is 0 Å². The third kappa shape index (κ3) is 5.65. The van der Waals surface area contributed by atoms with E-state index >= 15 is 0 Å². The van der Waals surface area contributed by atoms with Gasteiger partial charge < -0.3 is 10.3 Å². The lowest BCUT2D eigenvalue weighted by Crippen LogP contribution is -2.32. The summed E-state index contributed by atoms with van der Waals surface area (Å²) in [6.45, 7) is 6.40. The van der Waals surface area contributed by atoms with Crippen LogP contribution in [0.3, 0.4) is 0 Å². The zero-order valence-electron chi connectivity index (χ0n) is 19.3. The lowest BCUT2D eigenvalue weighted by Gasteiger charge is -2.20. The summed E-state index contributed by atoms with van der Waals surface area (Å²) in [6.07, 6.45) is 0. The van der Waals surface area contributed by atoms with E-state index in [1.54, 1.807) is 63.1 Å². The van der Waals surface area contributed by atoms with Gasteiger partial charge >= 0.3 is 0 Å². The van der Waals surface area contributed by atoms with E-state index in [9.17, 15) is 18.0 Å². The highest BCUT2D eigenvalue weighted by molar-refractivity contribution is 7.89. The van der Waals surface area contributed by atoms with Crippen LogP contribution in [0.5, 0.6) is 0 Å². The van der Waals surface area contributed by atoms with Crippen molar-refractivity contribution in [1.82, 2.24) is 19.2 Å². The number of hydrogen-bond donors (Lipinski definition) is 2. The number of fused-ring (bicyclic) bond motifs is 1. The monoisotopic (exact) mass is 471 g/mol. The van der Waals surface area contributed by atoms with Crippen LogP contribution in [-0.4, -0.2) is 60.2 Å². The summed E-state index contributed by atoms with van der Waals surface area (Å²) >= 11 is 0. The van der Waals surface area contributed by atoms with E-state index in [0.29, 0.717) is 35.5 Å². The number of H-pyrrole nitrogens is 1. The molecular weight excluding hydrogens is 442 g/mol. The highest BCUT2D eigenvalue weighted by atomic mass is 32.2. The zero-order valence-corrected chi connectivity index (χ0v) is 20.1. The van der Waals surface area contributed by atoms with Crippen molar-refractivity contribution in [2.75, 3.05) is 32.0 Å². The van der Waals surface area contributed by atoms with Gasteiger partial charge in [0.25, 0.3) is 5.56 Å². The minimum atomic E-state index is -3.63. The molecule has 1 heterocycles. The van der Waals surface area contributed by atoms with Crippen LogP contribution in [0.25, 0.3) is 10.9 Å². The van der Waals surface area contributed by atoms with Crippen LogP contribution in [0.15, 0.2) is 52.2 Å². The Balaban J connectivity index is 1.71. The Morgan fingerprint density at radius 3 is 2.52 bits per heavy atom. The molecule has 2 N–H and O–H groups in total. The average Bonchev–Trinajstić information content (AvgIpc) is 2.75. The Morgan fingerprint density at radius 1 is 1.12 bits per heavy atom. The Kier molecular flexibility index (Phi) is 7.62. The van der Waals surface area contributed by atoms with E-state index in [-0.39, 0.29) is 29.5 Å². The molecule has 0 saturated heterocycles. The first-order valence-corrected chi connectivity index (χ1v) is 12.2. The van der Waals surface area contributed by atoms with Crippen LogP contribution in [-0.2, 0) is 21.4 Å². The van der Waals surface area contributed by atoms with E-state index in [2.05, 4.69) is 15.3 Å². The maximum absolute atomic E-state index is 12.8. The Morgan fingerprint density at radius 2 is 1.82 bits per heavy atom. The quantitative estimate of drug-likeness (QED) is 0.495. The standard InChI is InChI=1S/C23H29N5O4S/c1-5-28(6-2)33(31,32)17-12-11-16(3)20(13-17)25-22(29)15-27(4)14-21-24-19-10-8-7-9-18(19)23(30)26-21/h7-13H,5-6,14-15H2,1-4H3,(H,25,29)(H,24,26,30). The van der Waals surface area contributed by atoms with Crippen molar-refractivity contribution in [1.29, 1.82) is 0 Å². The molecule has 10 heteroatoms. The van der Waals surface area contributed by atoms with Crippen molar-refractivity contribution in [2.45, 2.75) is 32.2 Å². The Labute approximate surface area is 193 Å². The summed E-state index contributed by atoms with van der Waals surface area (Å²) in [7, 11) is -1.89. The molecule has 0 fully saturated rings. The molecule has 0 radical (unpaired) electrons. The number of rotatable bonds is 9. The molecule has 9 nitrogen and oxygen atoms in total. The van der Waals surface area contributed by atoms with Crippen LogP contribution in [0.2, 0.25) is 0 Å². The molecule has 0 atom stereocenters. The van der Waals surface area contributed by atoms with Crippen molar-refractivity contribution in [3.63, 3.8) is 0 Å². The third-order valence-corrected chi connectivity index (χ3v) is 7.37. The van der Waals surface area contributed by atoms with Gasteiger partial charge in [-0.1, -0.05) is 32.0 Å². The van der Waals surface area contributed by atoms with Gasteiger partial charge in [-0.2, -0.15) is 4.31 Å². The number of aromatic nitrogens is 2. The predicted octanol–water partition coefficient (Wildman–Crippen LogP) is 2.33. The number of carbonyl (C=O) groups excluding carboxylic acids is 1. The van der Waals surface area contributed by atoms with E-state index in [1.165, 1.54) is 10.4 Å². The number of para-hydroxylation sites is 1. The molecule has 176 valence electrons. The first-order chi connectivity index (χ1) is 15.6. The second kappa shape index (κ2) is 10.2. The fourth-order valence-corrected chi connectivity index (χ4v) is 5.05. The largest absolute Gasteiger partial charge is 0.325 e. The summed E-state index contributed by atoms with van der Waals surface area (Å²) in [5.41, 5.74) is 1.56. The van der Waals surface area contributed by atoms with E-state index in [4.69, 9.17) is 0 Å². The number of nitrogens with one attached hydrogen (secondary N) is 2. The van der Waals surface area contributed by atoms with Gasteiger partial charge in [-0.3, -0.25) is 14.5 Å². The molecule has 0 unspecified atom stereocenters. The normalized spacial score (nSPS) is 11.9. The first kappa shape index (κ1) is 24.6. The summed E-state index contributed by atoms with van der Waals surface area (Å²) in [4.78, 5) is 33.9. The SMILES string of the molecule is CCN(CC)S(=O)(=O)c1ccc(C)c(NC(=O)CN(C)Cc2nc3ccccc3c(=O)[nH]2)c1. The number of hydrogen-bond acceptors (Lipinski definition) is 6. The second-order valence-electron chi connectivity index (χ2n) is 7.82. The maximum atomic E-state index is 12.8. The molecule has 2 aromatic carbocycles. The van der Waals surface area contributed by atoms with Gasteiger partial charge in [0.05, 0.1) is 28.9 Å². The summed E-state index contributed by atoms with van der Waals surface area (Å²) in [6, 6.07) is 11.8. The molecule has 0 spiro atoms. The molecule has 0 aliphatic carbocycles. The zero-order chi connectivity index (χ0) is 24.2. The molecule has 0 bridgehead atoms. The number of nitrogens with zero attached hydrogens (tertiary/aromatic N) is 3. The Hall–Kier alpha value is -3.08. The van der Waals surface area contributed by atoms with Crippen molar-refractivity contribution in [2.24, 2.45) is 0 Å². The van der Waals surface area contributed by atoms with Crippen LogP contribution < -0.4 is 10.9 Å². The van der Waals surface area contributed by atoms with E-state index < -0.39 is 10.0 Å². The highest BCUT2D eigenvalue weighted by Gasteiger charge is 2.22. The van der Waals surface area contributed by atoms with Gasteiger partial charge in [0, 0.05) is 18.8 Å². The van der Waals surface area contributed by atoms with E-state index in [1.807, 2.05) is 6.07 Å². The lowest BCUT2D eigenvalue weighted by atomic mass is 10.2. The van der Waals surface area contributed by atoms with Gasteiger partial charge in [-0.15, -0.1) is 0 Å². The van der Waals surface area contributed by atoms with E-state index in [0.717, 1.165) is 5.56 Å². The lowest BCUT2D eigenvalue weighted by molar-refractivity contribution is -0.117. The van der Waals surface area contributed by atoms with Crippen LogP contribution in [0, 0.1) is 6.92 Å². The van der Waals surface area contributed by atoms with Crippen LogP contribution in [0.4, 0.5) is 5.69 Å². The molecule has 1 aromatic heterocycles. The number of aromatic amines is 1. The van der Waals surface area contributed by atoms with Crippen molar-refractivity contribution >= 4 is 32.5 Å². The number of aryl methyl sites for hydroxylation is 1. The molecular formula is C23H29N5O4S. The van der Waals surface area contributed by atoms with Crippen LogP contribution >= 0.6 is 0 Å². The van der Waals surface area contributed by atoms with Gasteiger partial charge in [-0.25, -0.2) is 13.4 Å². The topological polar surface area (TPSA) is 115 Å². The molecule has 1 amide bonds. The van der Waals surface area contributed by atoms with Crippen molar-refractivity contribution < 1.29 is 13.2 Å². The third-order valence-electron chi connectivity index (χ3n) is 5.32. The molecule has 3 rings (SSSR count). The Bertz CT molecular complexity index is 1320. The molecule has 3 aromatic rings. The minimum Gasteiger partial charge on any atom is -0.325 e. The number of anilines is 1. The molecule has 0 aliphatic rings. The van der Waals surface area contributed by atoms with Gasteiger partial charge in [-0.05, 0) is 43.8 Å². The summed E-state index contributed by atoms with van der Waals surface area (Å²) in [5, 5.41) is 3.31. The average molecular weight is 472 g/mol. The summed E-state index contributed by atoms with van der Waals surface area (Å²) < 4.78 is 27.0. The van der Waals surface area contributed by atoms with Gasteiger partial charge in [0.1, 0.15) is 5.82 Å². The number of likely N-dealkylation sites (N-methyl/N-ethyl adjacent to an activating group) is 1. The van der Waals surface area contributed by atoms with Gasteiger partial charge in [0.2, 0.25) is 15.9 Å². The van der Waals surface area contributed by atoms with Gasteiger partial charge in [0.15, 0.2) is 0 Å². The maximum Gasteiger partial charge on any atom is 0.258 e. The fraction of sp³-hybridized carbons (Fsp3) is 0.348. The molecule has 0 aliphatic heterocycles. The minimum absolute atomic E-state index is 0.0308. The number of sulfonamides is 1. The summed E-state index contributed by atoms with van der Waals surface area (Å²) in [5.74, 6) is 0.151. The number of benzene rings is 2. The number of amides is 1. The molecule has 33 heavy (non-hydrogen) atoms. The predicted molar refractivity (Wildman–Crippen MR) is 129 cm³/mol. The number of carbonyl (C=O) groups is 1. The molecule has 0 saturated carbocycles.